The number of hydrogen-bond donors (Lipinski definition) is 6. The monoisotopic (exact) mass is 1200 g/mol. The number of carbonyl (C=O) groups excluding carboxylic acids is 7. The lowest BCUT2D eigenvalue weighted by Crippen LogP contribution is -2.55. The van der Waals surface area contributed by atoms with Crippen LogP contribution in [0.5, 0.6) is 11.5 Å². The lowest BCUT2D eigenvalue weighted by molar-refractivity contribution is -0.139. The fourth-order valence-electron chi connectivity index (χ4n) is 9.49. The Morgan fingerprint density at radius 1 is 0.741 bits per heavy atom. The number of aliphatic carboxylic acids is 1. The highest BCUT2D eigenvalue weighted by Crippen LogP contribution is 2.46. The first kappa shape index (κ1) is 66.4. The molecule has 6 rings (SSSR count). The van der Waals surface area contributed by atoms with Gasteiger partial charge in [-0.1, -0.05) is 64.1 Å². The van der Waals surface area contributed by atoms with E-state index in [0.717, 1.165) is 28.4 Å². The van der Waals surface area contributed by atoms with Crippen LogP contribution in [-0.4, -0.2) is 165 Å². The summed E-state index contributed by atoms with van der Waals surface area (Å²) in [5.41, 5.74) is 3.34. The number of carboxylic acid groups (broad SMARTS) is 1. The molecule has 0 bridgehead atoms. The van der Waals surface area contributed by atoms with Gasteiger partial charge in [0.15, 0.2) is 5.76 Å². The van der Waals surface area contributed by atoms with Crippen molar-refractivity contribution in [1.82, 2.24) is 36.0 Å². The van der Waals surface area contributed by atoms with Crippen molar-refractivity contribution in [3.63, 3.8) is 0 Å². The Morgan fingerprint density at radius 3 is 2.08 bits per heavy atom. The fourth-order valence-corrected chi connectivity index (χ4v) is 9.75. The molecule has 5 atom stereocenters. The number of nitrogens with one attached hydrogen (secondary N) is 5. The third kappa shape index (κ3) is 19.4. The summed E-state index contributed by atoms with van der Waals surface area (Å²) in [6, 6.07) is 20.6. The van der Waals surface area contributed by atoms with E-state index in [0.29, 0.717) is 66.5 Å². The molecule has 0 spiro atoms. The van der Waals surface area contributed by atoms with E-state index in [4.69, 9.17) is 35.3 Å². The Bertz CT molecular complexity index is 3150. The Labute approximate surface area is 501 Å². The second kappa shape index (κ2) is 31.4. The van der Waals surface area contributed by atoms with Crippen LogP contribution in [0.15, 0.2) is 83.3 Å². The van der Waals surface area contributed by atoms with Crippen LogP contribution in [0.3, 0.4) is 0 Å². The molecule has 22 nitrogen and oxygen atoms in total. The summed E-state index contributed by atoms with van der Waals surface area (Å²) >= 11 is 6.57. The summed E-state index contributed by atoms with van der Waals surface area (Å²) in [5, 5.41) is 24.5. The van der Waals surface area contributed by atoms with Gasteiger partial charge < -0.3 is 65.0 Å². The minimum Gasteiger partial charge on any atom is -0.492 e. The molecule has 0 fully saturated rings. The number of carbonyl (C=O) groups is 8. The second-order valence-electron chi connectivity index (χ2n) is 22.6. The van der Waals surface area contributed by atoms with Crippen molar-refractivity contribution in [2.75, 3.05) is 83.6 Å². The van der Waals surface area contributed by atoms with E-state index in [2.05, 4.69) is 26.6 Å². The minimum absolute atomic E-state index is 0.00760. The Balaban J connectivity index is 0.982. The number of furan rings is 1. The van der Waals surface area contributed by atoms with Gasteiger partial charge in [-0.2, -0.15) is 0 Å². The summed E-state index contributed by atoms with van der Waals surface area (Å²) in [4.78, 5) is 111. The van der Waals surface area contributed by atoms with Crippen LogP contribution in [0.25, 0.3) is 21.7 Å². The third-order valence-electron chi connectivity index (χ3n) is 14.4. The van der Waals surface area contributed by atoms with Crippen molar-refractivity contribution in [3.8, 4) is 11.5 Å². The molecule has 4 aromatic carbocycles. The highest BCUT2D eigenvalue weighted by molar-refractivity contribution is 6.19. The van der Waals surface area contributed by atoms with Crippen LogP contribution in [-0.2, 0) is 40.1 Å². The molecule has 0 aliphatic carbocycles. The smallest absolute Gasteiger partial charge is 0.415 e. The number of nitrogens with zero attached hydrogens (tertiary/aromatic N) is 4. The Kier molecular flexibility index (Phi) is 24.5. The predicted octanol–water partition coefficient (Wildman–Crippen LogP) is 7.31. The van der Waals surface area contributed by atoms with Gasteiger partial charge in [0.1, 0.15) is 48.0 Å². The second-order valence-corrected chi connectivity index (χ2v) is 22.9. The maximum Gasteiger partial charge on any atom is 0.415 e. The summed E-state index contributed by atoms with van der Waals surface area (Å²) in [6.07, 6.45) is -1.10. The van der Waals surface area contributed by atoms with Crippen molar-refractivity contribution in [3.05, 3.63) is 95.7 Å². The lowest BCUT2D eigenvalue weighted by atomic mass is 9.95. The molecule has 1 aliphatic rings. The van der Waals surface area contributed by atoms with Crippen LogP contribution in [0.1, 0.15) is 101 Å². The maximum atomic E-state index is 14.3. The van der Waals surface area contributed by atoms with Crippen LogP contribution in [0.4, 0.5) is 16.2 Å². The summed E-state index contributed by atoms with van der Waals surface area (Å²) in [6.45, 7) is 13.4. The first-order valence-electron chi connectivity index (χ1n) is 28.7. The number of hydrogen-bond acceptors (Lipinski definition) is 14. The maximum absolute atomic E-state index is 14.3. The van der Waals surface area contributed by atoms with E-state index >= 15 is 0 Å². The van der Waals surface area contributed by atoms with Crippen molar-refractivity contribution >= 4 is 92.2 Å². The molecule has 1 unspecified atom stereocenters. The van der Waals surface area contributed by atoms with Crippen molar-refractivity contribution < 1.29 is 62.1 Å². The van der Waals surface area contributed by atoms with Gasteiger partial charge in [-0.3, -0.25) is 38.5 Å². The molecule has 85 heavy (non-hydrogen) atoms. The summed E-state index contributed by atoms with van der Waals surface area (Å²) in [5.74, 6) is -2.94. The van der Waals surface area contributed by atoms with Crippen LogP contribution in [0, 0.1) is 11.8 Å². The number of anilines is 2. The van der Waals surface area contributed by atoms with E-state index in [1.165, 1.54) is 11.8 Å². The number of ether oxygens (including phenoxy) is 3. The zero-order chi connectivity index (χ0) is 62.1. The van der Waals surface area contributed by atoms with Crippen molar-refractivity contribution in [1.29, 1.82) is 0 Å². The van der Waals surface area contributed by atoms with Gasteiger partial charge in [0.05, 0.1) is 18.7 Å². The number of amides is 7. The standard InChI is InChI=1S/C62H82ClN9O13/c1-37(2)29-48(67-55(74)23-24-64-54(73)21-22-56(75)76)59(78)65-39(5)58(77)68-49(30-38(3)4)60(79)66-44-17-15-41(16-18-44)36-83-40(6)70(9)25-26-71(10)62(81)85-52-33-50-57(47-14-12-11-13-46(47)52)43(34-63)35-72(50)61(80)53-32-42-31-45(19-20-51(42)84-53)82-28-27-69(7)8/h11-20,31-33,37-40,43,48-49H,21-30,34-36H2,1-10H3,(H,64,73)(H,65,78)(H,66,79)(H,67,74)(H,68,77)(H,75,76)/t39-,40?,43+,48-,49-/m0/s1. The van der Waals surface area contributed by atoms with E-state index in [1.54, 1.807) is 42.3 Å². The van der Waals surface area contributed by atoms with Crippen molar-refractivity contribution in [2.24, 2.45) is 11.8 Å². The Hall–Kier alpha value is -7.79. The van der Waals surface area contributed by atoms with Gasteiger partial charge in [0, 0.05) is 86.9 Å². The summed E-state index contributed by atoms with van der Waals surface area (Å²) in [7, 11) is 7.48. The number of carboxylic acids is 1. The largest absolute Gasteiger partial charge is 0.492 e. The molecule has 0 saturated carbocycles. The molecule has 2 heterocycles. The fraction of sp³-hybridized carbons (Fsp3) is 0.484. The number of likely N-dealkylation sites (N-methyl/N-ethyl adjacent to an activating group) is 3. The average Bonchev–Trinajstić information content (AvgIpc) is 2.54. The lowest BCUT2D eigenvalue weighted by Gasteiger charge is -2.27. The van der Waals surface area contributed by atoms with Crippen molar-refractivity contribution in [2.45, 2.75) is 111 Å². The first-order valence-corrected chi connectivity index (χ1v) is 29.2. The zero-order valence-corrected chi connectivity index (χ0v) is 51.0. The van der Waals surface area contributed by atoms with Gasteiger partial charge in [-0.15, -0.1) is 11.6 Å². The first-order chi connectivity index (χ1) is 40.4. The number of benzene rings is 4. The van der Waals surface area contributed by atoms with Crippen LogP contribution < -0.4 is 41.0 Å². The van der Waals surface area contributed by atoms with Crippen LogP contribution >= 0.6 is 11.6 Å². The number of fused-ring (bicyclic) bond motifs is 4. The van der Waals surface area contributed by atoms with E-state index in [-0.39, 0.29) is 80.4 Å². The molecule has 7 amide bonds. The normalized spacial score (nSPS) is 14.4. The Morgan fingerprint density at radius 2 is 1.42 bits per heavy atom. The minimum atomic E-state index is -1.11. The number of halogens is 1. The van der Waals surface area contributed by atoms with E-state index < -0.39 is 59.7 Å². The molecular weight excluding hydrogens is 1110 g/mol. The van der Waals surface area contributed by atoms with E-state index in [1.807, 2.05) is 114 Å². The molecule has 5 aromatic rings. The highest BCUT2D eigenvalue weighted by Gasteiger charge is 2.37. The average molecular weight is 1200 g/mol. The van der Waals surface area contributed by atoms with Gasteiger partial charge in [0.2, 0.25) is 29.5 Å². The number of alkyl halides is 1. The molecule has 1 aliphatic heterocycles. The highest BCUT2D eigenvalue weighted by atomic mass is 35.5. The van der Waals surface area contributed by atoms with Gasteiger partial charge in [0.25, 0.3) is 5.91 Å². The molecule has 460 valence electrons. The molecule has 23 heteroatoms. The molecule has 6 N–H and O–H groups in total. The third-order valence-corrected chi connectivity index (χ3v) is 14.8. The number of rotatable bonds is 31. The quantitative estimate of drug-likeness (QED) is 0.0188. The SMILES string of the molecule is CC(C)C[C@H](NC(=O)CCNC(=O)CCC(=O)O)C(=O)N[C@@H](C)C(=O)N[C@@H](CC(C)C)C(=O)Nc1ccc(COC(C)N(C)CCN(C)C(=O)Oc2cc3c(c4ccccc24)[C@H](CCl)CN3C(=O)c2cc3cc(OCCN(C)C)ccc3o2)cc1. The van der Waals surface area contributed by atoms with Gasteiger partial charge in [-0.05, 0) is 113 Å². The van der Waals surface area contributed by atoms with Gasteiger partial charge in [-0.25, -0.2) is 4.79 Å². The molecule has 0 radical (unpaired) electrons. The predicted molar refractivity (Wildman–Crippen MR) is 325 cm³/mol. The summed E-state index contributed by atoms with van der Waals surface area (Å²) < 4.78 is 24.3. The topological polar surface area (TPSA) is 271 Å². The molecule has 0 saturated heterocycles. The molecular formula is C62H82ClN9O13. The zero-order valence-electron chi connectivity index (χ0n) is 50.3. The van der Waals surface area contributed by atoms with E-state index in [9.17, 15) is 38.4 Å². The van der Waals surface area contributed by atoms with Gasteiger partial charge >= 0.3 is 12.1 Å². The van der Waals surface area contributed by atoms with Crippen LogP contribution in [0.2, 0.25) is 0 Å². The molecule has 1 aromatic heterocycles.